The van der Waals surface area contributed by atoms with Crippen molar-refractivity contribution in [3.63, 3.8) is 0 Å². The molecule has 3 aliphatic heterocycles. The number of likely N-dealkylation sites (tertiary alicyclic amines) is 1. The largest absolute Gasteiger partial charge is 0.465 e. The molecule has 1 aromatic rings. The Bertz CT molecular complexity index is 1160. The molecule has 2 amide bonds. The number of carbonyl (C=O) groups is 3. The highest BCUT2D eigenvalue weighted by atomic mass is 35.5. The fourth-order valence-electron chi connectivity index (χ4n) is 7.24. The van der Waals surface area contributed by atoms with Gasteiger partial charge >= 0.3 is 5.97 Å². The lowest BCUT2D eigenvalue weighted by molar-refractivity contribution is -0.161. The van der Waals surface area contributed by atoms with E-state index in [0.29, 0.717) is 42.9 Å². The molecule has 1 N–H and O–H groups in total. The van der Waals surface area contributed by atoms with E-state index < -0.39 is 35.0 Å². The zero-order chi connectivity index (χ0) is 30.5. The first kappa shape index (κ1) is 32.2. The van der Waals surface area contributed by atoms with Crippen molar-refractivity contribution in [3.05, 3.63) is 54.6 Å². The fraction of sp³-hybridized carbons (Fsp3) is 0.606. The number of benzene rings is 1. The van der Waals surface area contributed by atoms with Crippen LogP contribution in [0.15, 0.2) is 49.6 Å². The summed E-state index contributed by atoms with van der Waals surface area (Å²) in [6.07, 6.45) is 9.39. The van der Waals surface area contributed by atoms with E-state index in [0.717, 1.165) is 25.7 Å². The average Bonchev–Trinajstić information content (AvgIpc) is 3.48. The van der Waals surface area contributed by atoms with Crippen LogP contribution in [0, 0.1) is 17.8 Å². The van der Waals surface area contributed by atoms with E-state index in [2.05, 4.69) is 13.2 Å². The Morgan fingerprint density at radius 3 is 2.52 bits per heavy atom. The number of unbranched alkanes of at least 4 members (excludes halogenated alkanes) is 5. The van der Waals surface area contributed by atoms with Crippen molar-refractivity contribution in [1.82, 2.24) is 4.90 Å². The smallest absolute Gasteiger partial charge is 0.312 e. The van der Waals surface area contributed by atoms with Crippen LogP contribution in [0.4, 0.5) is 5.69 Å². The number of carbonyl (C=O) groups excluding carboxylic acids is 3. The zero-order valence-electron chi connectivity index (χ0n) is 24.9. The first-order chi connectivity index (χ1) is 20.2. The molecule has 8 nitrogen and oxygen atoms in total. The highest BCUT2D eigenvalue weighted by molar-refractivity contribution is 6.30. The van der Waals surface area contributed by atoms with E-state index in [9.17, 15) is 19.5 Å². The summed E-state index contributed by atoms with van der Waals surface area (Å²) in [6, 6.07) is 6.10. The Hall–Kier alpha value is -2.68. The normalized spacial score (nSPS) is 29.4. The number of hydrogen-bond acceptors (Lipinski definition) is 6. The molecule has 1 aromatic carbocycles. The minimum Gasteiger partial charge on any atom is -0.465 e. The summed E-state index contributed by atoms with van der Waals surface area (Å²) in [6.45, 7) is 12.5. The molecule has 0 aliphatic carbocycles. The molecule has 3 fully saturated rings. The number of rotatable bonds is 16. The lowest BCUT2D eigenvalue weighted by atomic mass is 9.62. The standard InChI is InChI=1S/C33H45ClN2O6/c1-5-7-8-13-21-41-31(40)27-26-29(38)36(19-11-9-10-12-20-37)28(33(26)22-23(3)32(27,4)42-33)30(39)35(18-6-2)25-16-14-24(34)15-17-25/h5-6,14-17,23,26-28,37H,1-2,7-13,18-22H2,3-4H3/t23?,26-,27-,28?,32+,33?/m0/s1. The van der Waals surface area contributed by atoms with Gasteiger partial charge in [-0.2, -0.15) is 0 Å². The summed E-state index contributed by atoms with van der Waals surface area (Å²) in [5.41, 5.74) is -1.43. The van der Waals surface area contributed by atoms with Crippen LogP contribution in [0.5, 0.6) is 0 Å². The molecular formula is C33H45ClN2O6. The first-order valence-electron chi connectivity index (χ1n) is 15.2. The number of anilines is 1. The Kier molecular flexibility index (Phi) is 10.5. The van der Waals surface area contributed by atoms with Crippen molar-refractivity contribution in [1.29, 1.82) is 0 Å². The number of aliphatic hydroxyl groups excluding tert-OH is 1. The highest BCUT2D eigenvalue weighted by Gasteiger charge is 2.80. The van der Waals surface area contributed by atoms with Crippen LogP contribution in [0.2, 0.25) is 5.02 Å². The minimum atomic E-state index is -1.15. The summed E-state index contributed by atoms with van der Waals surface area (Å²) < 4.78 is 12.6. The molecule has 4 rings (SSSR count). The van der Waals surface area contributed by atoms with Crippen LogP contribution < -0.4 is 4.90 Å². The van der Waals surface area contributed by atoms with E-state index in [-0.39, 0.29) is 37.5 Å². The second-order valence-electron chi connectivity index (χ2n) is 12.0. The number of ether oxygens (including phenoxy) is 2. The van der Waals surface area contributed by atoms with Crippen LogP contribution >= 0.6 is 11.6 Å². The molecule has 3 heterocycles. The Balaban J connectivity index is 1.69. The lowest BCUT2D eigenvalue weighted by Crippen LogP contribution is -2.57. The Morgan fingerprint density at radius 2 is 1.86 bits per heavy atom. The van der Waals surface area contributed by atoms with Gasteiger partial charge in [-0.1, -0.05) is 43.5 Å². The van der Waals surface area contributed by atoms with Gasteiger partial charge in [0.05, 0.1) is 18.1 Å². The van der Waals surface area contributed by atoms with Gasteiger partial charge in [-0.3, -0.25) is 14.4 Å². The van der Waals surface area contributed by atoms with E-state index in [1.165, 1.54) is 0 Å². The van der Waals surface area contributed by atoms with Gasteiger partial charge in [0.15, 0.2) is 0 Å². The maximum absolute atomic E-state index is 14.6. The number of esters is 1. The van der Waals surface area contributed by atoms with Crippen molar-refractivity contribution in [3.8, 4) is 0 Å². The molecule has 9 heteroatoms. The molecule has 6 atom stereocenters. The molecule has 230 valence electrons. The maximum atomic E-state index is 14.6. The monoisotopic (exact) mass is 600 g/mol. The van der Waals surface area contributed by atoms with Crippen LogP contribution in [-0.2, 0) is 23.9 Å². The van der Waals surface area contributed by atoms with E-state index in [4.69, 9.17) is 21.1 Å². The van der Waals surface area contributed by atoms with Crippen molar-refractivity contribution < 1.29 is 29.0 Å². The quantitative estimate of drug-likeness (QED) is 0.157. The van der Waals surface area contributed by atoms with Crippen molar-refractivity contribution in [2.45, 2.75) is 82.5 Å². The summed E-state index contributed by atoms with van der Waals surface area (Å²) in [7, 11) is 0. The van der Waals surface area contributed by atoms with Crippen LogP contribution in [0.1, 0.15) is 65.2 Å². The minimum absolute atomic E-state index is 0.0666. The van der Waals surface area contributed by atoms with Crippen molar-refractivity contribution in [2.75, 3.05) is 31.2 Å². The maximum Gasteiger partial charge on any atom is 0.312 e. The first-order valence-corrected chi connectivity index (χ1v) is 15.6. The molecule has 0 radical (unpaired) electrons. The second-order valence-corrected chi connectivity index (χ2v) is 12.5. The van der Waals surface area contributed by atoms with E-state index in [1.807, 2.05) is 19.9 Å². The molecule has 42 heavy (non-hydrogen) atoms. The number of allylic oxidation sites excluding steroid dienone is 1. The van der Waals surface area contributed by atoms with Gasteiger partial charge in [0.25, 0.3) is 5.91 Å². The number of nitrogens with zero attached hydrogens (tertiary/aromatic N) is 2. The van der Waals surface area contributed by atoms with Crippen LogP contribution in [-0.4, -0.2) is 71.3 Å². The van der Waals surface area contributed by atoms with Gasteiger partial charge in [0, 0.05) is 30.4 Å². The van der Waals surface area contributed by atoms with Gasteiger partial charge in [-0.15, -0.1) is 13.2 Å². The summed E-state index contributed by atoms with van der Waals surface area (Å²) in [5.74, 6) is -2.59. The van der Waals surface area contributed by atoms with Gasteiger partial charge in [0.2, 0.25) is 5.91 Å². The Morgan fingerprint density at radius 1 is 1.14 bits per heavy atom. The fourth-order valence-corrected chi connectivity index (χ4v) is 7.36. The van der Waals surface area contributed by atoms with E-state index in [1.54, 1.807) is 40.1 Å². The van der Waals surface area contributed by atoms with Crippen LogP contribution in [0.3, 0.4) is 0 Å². The van der Waals surface area contributed by atoms with Crippen molar-refractivity contribution >= 4 is 35.1 Å². The summed E-state index contributed by atoms with van der Waals surface area (Å²) >= 11 is 6.14. The molecule has 3 saturated heterocycles. The predicted octanol–water partition coefficient (Wildman–Crippen LogP) is 5.32. The van der Waals surface area contributed by atoms with Gasteiger partial charge in [0.1, 0.15) is 17.6 Å². The number of halogens is 1. The molecule has 2 bridgehead atoms. The third-order valence-corrected chi connectivity index (χ3v) is 9.62. The SMILES string of the molecule is C=CCCCCOC(=O)[C@@H]1[C@H]2C(=O)N(CCCCCCO)C(C(=O)N(CC=C)c3ccc(Cl)cc3)C23CC(C)[C@@]1(C)O3. The third kappa shape index (κ3) is 5.90. The number of aliphatic hydroxyl groups is 1. The number of amides is 2. The summed E-state index contributed by atoms with van der Waals surface area (Å²) in [5, 5.41) is 9.74. The molecule has 3 unspecified atom stereocenters. The molecule has 0 aromatic heterocycles. The van der Waals surface area contributed by atoms with Crippen LogP contribution in [0.25, 0.3) is 0 Å². The van der Waals surface area contributed by atoms with E-state index >= 15 is 0 Å². The number of fused-ring (bicyclic) bond motifs is 1. The zero-order valence-corrected chi connectivity index (χ0v) is 25.7. The molecular weight excluding hydrogens is 556 g/mol. The van der Waals surface area contributed by atoms with Gasteiger partial charge in [-0.25, -0.2) is 0 Å². The van der Waals surface area contributed by atoms with Gasteiger partial charge < -0.3 is 24.4 Å². The second kappa shape index (κ2) is 13.7. The predicted molar refractivity (Wildman–Crippen MR) is 163 cm³/mol. The molecule has 0 saturated carbocycles. The molecule has 3 aliphatic rings. The highest BCUT2D eigenvalue weighted by Crippen LogP contribution is 2.65. The Labute approximate surface area is 254 Å². The van der Waals surface area contributed by atoms with Crippen molar-refractivity contribution in [2.24, 2.45) is 17.8 Å². The third-order valence-electron chi connectivity index (χ3n) is 9.37. The molecule has 1 spiro atoms. The average molecular weight is 601 g/mol. The topological polar surface area (TPSA) is 96.4 Å². The number of hydrogen-bond donors (Lipinski definition) is 1. The summed E-state index contributed by atoms with van der Waals surface area (Å²) in [4.78, 5) is 45.9. The van der Waals surface area contributed by atoms with Gasteiger partial charge in [-0.05, 0) is 75.6 Å². The lowest BCUT2D eigenvalue weighted by Gasteiger charge is -2.37.